The summed E-state index contributed by atoms with van der Waals surface area (Å²) >= 11 is 2.10. The van der Waals surface area contributed by atoms with Crippen molar-refractivity contribution in [2.75, 3.05) is 17.1 Å². The van der Waals surface area contributed by atoms with Crippen molar-refractivity contribution in [3.63, 3.8) is 0 Å². The van der Waals surface area contributed by atoms with E-state index >= 15 is 0 Å². The maximum Gasteiger partial charge on any atom is 0.229 e. The first-order valence-electron chi connectivity index (χ1n) is 9.15. The molecule has 0 aliphatic rings. The van der Waals surface area contributed by atoms with Crippen molar-refractivity contribution < 1.29 is 4.79 Å². The van der Waals surface area contributed by atoms with Gasteiger partial charge in [-0.1, -0.05) is 77.2 Å². The van der Waals surface area contributed by atoms with Crippen LogP contribution in [0.25, 0.3) is 0 Å². The quantitative estimate of drug-likeness (QED) is 0.222. The summed E-state index contributed by atoms with van der Waals surface area (Å²) in [7, 11) is -1.77. The van der Waals surface area contributed by atoms with E-state index in [0.29, 0.717) is 4.43 Å². The molecule has 0 aliphatic heterocycles. The summed E-state index contributed by atoms with van der Waals surface area (Å²) in [6.07, 6.45) is 1.99. The predicted octanol–water partition coefficient (Wildman–Crippen LogP) is 3.92. The number of carbonyl (C=O) groups is 1. The lowest BCUT2D eigenvalue weighted by Crippen LogP contribution is -2.35. The zero-order chi connectivity index (χ0) is 19.0. The molecular weight excluding hydrogens is 464 g/mol. The van der Waals surface area contributed by atoms with Crippen LogP contribution in [-0.2, 0) is 4.79 Å². The van der Waals surface area contributed by atoms with Crippen LogP contribution in [0.5, 0.6) is 0 Å². The summed E-state index contributed by atoms with van der Waals surface area (Å²) < 4.78 is 0.508. The van der Waals surface area contributed by atoms with E-state index in [0.717, 1.165) is 19.1 Å². The van der Waals surface area contributed by atoms with Gasteiger partial charge in [0.1, 0.15) is 23.2 Å². The molecule has 0 aromatic heterocycles. The molecule has 0 unspecified atom stereocenters. The van der Waals surface area contributed by atoms with E-state index in [-0.39, 0.29) is 5.91 Å². The minimum Gasteiger partial charge on any atom is -0.355 e. The molecule has 0 heterocycles. The largest absolute Gasteiger partial charge is 0.355 e. The highest BCUT2D eigenvalue weighted by molar-refractivity contribution is 14.1. The minimum absolute atomic E-state index is 0.110. The Labute approximate surface area is 175 Å². The molecule has 0 bridgehead atoms. The molecule has 0 aliphatic carbocycles. The lowest BCUT2D eigenvalue weighted by Gasteiger charge is -2.27. The van der Waals surface area contributed by atoms with Gasteiger partial charge in [-0.05, 0) is 42.8 Å². The van der Waals surface area contributed by atoms with Crippen LogP contribution in [-0.4, -0.2) is 23.0 Å². The van der Waals surface area contributed by atoms with E-state index < -0.39 is 7.26 Å². The fourth-order valence-corrected chi connectivity index (χ4v) is 8.09. The van der Waals surface area contributed by atoms with E-state index in [1.54, 1.807) is 0 Å². The van der Waals surface area contributed by atoms with Gasteiger partial charge in [0.25, 0.3) is 0 Å². The lowest BCUT2D eigenvalue weighted by atomic mass is 10.3. The number of nitrogens with one attached hydrogen (secondary N) is 1. The number of halogens is 1. The normalized spacial score (nSPS) is 11.1. The number of hydrogen-bond donors (Lipinski definition) is 1. The Morgan fingerprint density at radius 3 is 1.52 bits per heavy atom. The molecule has 3 aromatic carbocycles. The zero-order valence-electron chi connectivity index (χ0n) is 15.2. The van der Waals surface area contributed by atoms with Crippen molar-refractivity contribution >= 4 is 51.7 Å². The molecule has 1 amide bonds. The molecular formula is C23H24INOP+. The fourth-order valence-electron chi connectivity index (χ4n) is 3.47. The summed E-state index contributed by atoms with van der Waals surface area (Å²) in [5, 5.41) is 7.20. The standard InChI is InChI=1S/C23H23INOP/c24-19-23(26)25-17-10-18-27(20-11-4-1-5-12-20,21-13-6-2-7-14-21)22-15-8-3-9-16-22/h1-9,11-16H,10,17-19H2/p+1. The second-order valence-electron chi connectivity index (χ2n) is 6.38. The van der Waals surface area contributed by atoms with Gasteiger partial charge in [0.2, 0.25) is 5.91 Å². The molecule has 0 radical (unpaired) electrons. The highest BCUT2D eigenvalue weighted by atomic mass is 127. The van der Waals surface area contributed by atoms with Gasteiger partial charge in [-0.2, -0.15) is 0 Å². The van der Waals surface area contributed by atoms with Crippen molar-refractivity contribution in [1.29, 1.82) is 0 Å². The fraction of sp³-hybridized carbons (Fsp3) is 0.174. The van der Waals surface area contributed by atoms with Crippen molar-refractivity contribution in [1.82, 2.24) is 5.32 Å². The van der Waals surface area contributed by atoms with Gasteiger partial charge < -0.3 is 5.32 Å². The van der Waals surface area contributed by atoms with Crippen LogP contribution < -0.4 is 21.2 Å². The van der Waals surface area contributed by atoms with Gasteiger partial charge in [0.05, 0.1) is 10.6 Å². The molecule has 27 heavy (non-hydrogen) atoms. The summed E-state index contributed by atoms with van der Waals surface area (Å²) in [5.74, 6) is 0.110. The molecule has 3 rings (SSSR count). The minimum atomic E-state index is -1.77. The van der Waals surface area contributed by atoms with Crippen LogP contribution in [0.3, 0.4) is 0 Å². The molecule has 0 atom stereocenters. The van der Waals surface area contributed by atoms with E-state index in [1.807, 2.05) is 0 Å². The van der Waals surface area contributed by atoms with Gasteiger partial charge in [0.15, 0.2) is 0 Å². The molecule has 3 aromatic rings. The average Bonchev–Trinajstić information content (AvgIpc) is 2.75. The third-order valence-corrected chi connectivity index (χ3v) is 9.92. The van der Waals surface area contributed by atoms with E-state index in [4.69, 9.17) is 0 Å². The topological polar surface area (TPSA) is 29.1 Å². The first kappa shape index (κ1) is 20.0. The van der Waals surface area contributed by atoms with Gasteiger partial charge >= 0.3 is 0 Å². The van der Waals surface area contributed by atoms with E-state index in [9.17, 15) is 4.79 Å². The third kappa shape index (κ3) is 4.77. The predicted molar refractivity (Wildman–Crippen MR) is 127 cm³/mol. The Balaban J connectivity index is 2.04. The first-order chi connectivity index (χ1) is 13.3. The molecule has 0 spiro atoms. The summed E-state index contributed by atoms with van der Waals surface area (Å²) in [5.41, 5.74) is 0. The average molecular weight is 488 g/mol. The third-order valence-electron chi connectivity index (χ3n) is 4.70. The van der Waals surface area contributed by atoms with Gasteiger partial charge in [-0.3, -0.25) is 4.79 Å². The Morgan fingerprint density at radius 2 is 1.15 bits per heavy atom. The smallest absolute Gasteiger partial charge is 0.229 e. The van der Waals surface area contributed by atoms with Crippen LogP contribution >= 0.6 is 29.9 Å². The van der Waals surface area contributed by atoms with Crippen molar-refractivity contribution in [2.24, 2.45) is 0 Å². The second-order valence-corrected chi connectivity index (χ2v) is 10.8. The van der Waals surface area contributed by atoms with Crippen LogP contribution in [0.1, 0.15) is 6.42 Å². The molecule has 2 nitrogen and oxygen atoms in total. The molecule has 0 saturated heterocycles. The number of hydrogen-bond acceptors (Lipinski definition) is 1. The Morgan fingerprint density at radius 1 is 0.741 bits per heavy atom. The van der Waals surface area contributed by atoms with Gasteiger partial charge in [-0.25, -0.2) is 0 Å². The van der Waals surface area contributed by atoms with Crippen LogP contribution in [0.15, 0.2) is 91.0 Å². The lowest BCUT2D eigenvalue weighted by molar-refractivity contribution is -0.118. The highest BCUT2D eigenvalue weighted by Gasteiger charge is 2.44. The molecule has 4 heteroatoms. The highest BCUT2D eigenvalue weighted by Crippen LogP contribution is 2.55. The molecule has 138 valence electrons. The number of amides is 1. The van der Waals surface area contributed by atoms with Crippen LogP contribution in [0.2, 0.25) is 0 Å². The van der Waals surface area contributed by atoms with Gasteiger partial charge in [0, 0.05) is 6.54 Å². The van der Waals surface area contributed by atoms with Crippen molar-refractivity contribution in [3.05, 3.63) is 91.0 Å². The molecule has 0 fully saturated rings. The summed E-state index contributed by atoms with van der Waals surface area (Å²) in [6, 6.07) is 32.6. The summed E-state index contributed by atoms with van der Waals surface area (Å²) in [4.78, 5) is 11.6. The summed E-state index contributed by atoms with van der Waals surface area (Å²) in [6.45, 7) is 0.718. The van der Waals surface area contributed by atoms with Crippen molar-refractivity contribution in [3.8, 4) is 0 Å². The van der Waals surface area contributed by atoms with Crippen LogP contribution in [0.4, 0.5) is 0 Å². The maximum absolute atomic E-state index is 11.6. The Hall–Kier alpha value is -1.71. The molecule has 0 saturated carbocycles. The number of benzene rings is 3. The maximum atomic E-state index is 11.6. The Kier molecular flexibility index (Phi) is 7.42. The SMILES string of the molecule is O=C(CI)NCCC[P+](c1ccccc1)(c1ccccc1)c1ccccc1. The Bertz CT molecular complexity index is 743. The van der Waals surface area contributed by atoms with E-state index in [2.05, 4.69) is 119 Å². The molecule has 1 N–H and O–H groups in total. The zero-order valence-corrected chi connectivity index (χ0v) is 18.3. The van der Waals surface area contributed by atoms with E-state index in [1.165, 1.54) is 15.9 Å². The van der Waals surface area contributed by atoms with Crippen LogP contribution in [0, 0.1) is 0 Å². The number of alkyl halides is 1. The van der Waals surface area contributed by atoms with Crippen molar-refractivity contribution in [2.45, 2.75) is 6.42 Å². The number of carbonyl (C=O) groups excluding carboxylic acids is 1. The monoisotopic (exact) mass is 488 g/mol. The first-order valence-corrected chi connectivity index (χ1v) is 12.6. The van der Waals surface area contributed by atoms with Gasteiger partial charge in [-0.15, -0.1) is 0 Å². The number of rotatable bonds is 8. The second kappa shape index (κ2) is 10.0.